The van der Waals surface area contributed by atoms with Gasteiger partial charge in [-0.25, -0.2) is 0 Å². The van der Waals surface area contributed by atoms with Gasteiger partial charge in [0.05, 0.1) is 14.1 Å². The quantitative estimate of drug-likeness (QED) is 0.782. The number of hydrogen-bond donors (Lipinski definition) is 1. The molecule has 4 aliphatic rings. The van der Waals surface area contributed by atoms with E-state index in [1.165, 1.54) is 38.5 Å². The zero-order chi connectivity index (χ0) is 14.1. The zero-order valence-corrected chi connectivity index (χ0v) is 13.0. The largest absolute Gasteiger partial charge is 0.365 e. The molecule has 2 N–H and O–H groups in total. The van der Waals surface area contributed by atoms with Crippen LogP contribution in [0.1, 0.15) is 52.4 Å². The minimum atomic E-state index is -0.156. The van der Waals surface area contributed by atoms with Crippen molar-refractivity contribution in [3.63, 3.8) is 0 Å². The molecule has 4 bridgehead atoms. The number of carbonyl (C=O) groups is 1. The van der Waals surface area contributed by atoms with Crippen LogP contribution in [-0.4, -0.2) is 36.6 Å². The van der Waals surface area contributed by atoms with Crippen LogP contribution in [0.5, 0.6) is 0 Å². The van der Waals surface area contributed by atoms with E-state index in [1.54, 1.807) is 0 Å². The highest BCUT2D eigenvalue weighted by atomic mass is 16.1. The standard InChI is InChI=1S/C16H28N2O/c1-14-5-12-6-15(2,9-14)11-16(7-12,10-14)18(3,4)8-13(17)19/h12H,5-11H2,1-4H3,(H-,17,19)/p+1. The second kappa shape index (κ2) is 3.55. The Morgan fingerprint density at radius 3 is 2.05 bits per heavy atom. The summed E-state index contributed by atoms with van der Waals surface area (Å²) in [5.74, 6) is 0.715. The molecule has 0 aromatic carbocycles. The first-order valence-corrected chi connectivity index (χ1v) is 7.69. The predicted molar refractivity (Wildman–Crippen MR) is 76.3 cm³/mol. The van der Waals surface area contributed by atoms with Crippen molar-refractivity contribution in [2.45, 2.75) is 57.9 Å². The van der Waals surface area contributed by atoms with Crippen molar-refractivity contribution in [3.8, 4) is 0 Å². The Bertz CT molecular complexity index is 410. The number of amides is 1. The molecule has 0 aliphatic heterocycles. The van der Waals surface area contributed by atoms with Crippen LogP contribution in [0.15, 0.2) is 0 Å². The van der Waals surface area contributed by atoms with Crippen LogP contribution >= 0.6 is 0 Å². The van der Waals surface area contributed by atoms with Crippen LogP contribution in [0, 0.1) is 16.7 Å². The maximum absolute atomic E-state index is 11.5. The monoisotopic (exact) mass is 265 g/mol. The average molecular weight is 265 g/mol. The highest BCUT2D eigenvalue weighted by Gasteiger charge is 2.65. The van der Waals surface area contributed by atoms with E-state index in [-0.39, 0.29) is 11.4 Å². The van der Waals surface area contributed by atoms with Gasteiger partial charge in [-0.15, -0.1) is 0 Å². The fourth-order valence-electron chi connectivity index (χ4n) is 6.62. The van der Waals surface area contributed by atoms with E-state index in [0.717, 1.165) is 10.4 Å². The minimum absolute atomic E-state index is 0.156. The molecule has 4 rings (SSSR count). The second-order valence-corrected chi connectivity index (χ2v) is 9.16. The minimum Gasteiger partial charge on any atom is -0.365 e. The fourth-order valence-corrected chi connectivity index (χ4v) is 6.62. The van der Waals surface area contributed by atoms with Crippen molar-refractivity contribution < 1.29 is 9.28 Å². The van der Waals surface area contributed by atoms with Crippen LogP contribution in [0.4, 0.5) is 0 Å². The van der Waals surface area contributed by atoms with Crippen LogP contribution in [-0.2, 0) is 4.79 Å². The lowest BCUT2D eigenvalue weighted by atomic mass is 9.42. The van der Waals surface area contributed by atoms with Gasteiger partial charge in [0.25, 0.3) is 5.91 Å². The molecule has 3 nitrogen and oxygen atoms in total. The Balaban J connectivity index is 1.98. The first-order valence-electron chi connectivity index (χ1n) is 7.69. The number of primary amides is 1. The second-order valence-electron chi connectivity index (χ2n) is 9.16. The molecule has 4 aliphatic carbocycles. The molecule has 2 unspecified atom stereocenters. The molecule has 0 spiro atoms. The molecule has 4 fully saturated rings. The van der Waals surface area contributed by atoms with E-state index >= 15 is 0 Å². The zero-order valence-electron chi connectivity index (χ0n) is 13.0. The molecule has 4 saturated carbocycles. The first-order chi connectivity index (χ1) is 8.57. The Labute approximate surface area is 117 Å². The smallest absolute Gasteiger partial charge is 0.272 e. The third-order valence-corrected chi connectivity index (χ3v) is 6.43. The number of nitrogens with zero attached hydrogens (tertiary/aromatic N) is 1. The maximum atomic E-state index is 11.5. The summed E-state index contributed by atoms with van der Waals surface area (Å²) >= 11 is 0. The van der Waals surface area contributed by atoms with E-state index < -0.39 is 0 Å². The third-order valence-electron chi connectivity index (χ3n) is 6.43. The average Bonchev–Trinajstić information content (AvgIpc) is 2.07. The Hall–Kier alpha value is -0.570. The van der Waals surface area contributed by atoms with Crippen molar-refractivity contribution >= 4 is 5.91 Å². The highest BCUT2D eigenvalue weighted by Crippen LogP contribution is 2.68. The Morgan fingerprint density at radius 2 is 1.63 bits per heavy atom. The van der Waals surface area contributed by atoms with Crippen LogP contribution in [0.3, 0.4) is 0 Å². The summed E-state index contributed by atoms with van der Waals surface area (Å²) in [5.41, 5.74) is 6.80. The molecular formula is C16H29N2O+. The van der Waals surface area contributed by atoms with Crippen LogP contribution < -0.4 is 5.73 Å². The molecule has 0 saturated heterocycles. The van der Waals surface area contributed by atoms with Crippen LogP contribution in [0.2, 0.25) is 0 Å². The lowest BCUT2D eigenvalue weighted by Gasteiger charge is -2.68. The van der Waals surface area contributed by atoms with Crippen molar-refractivity contribution in [2.24, 2.45) is 22.5 Å². The summed E-state index contributed by atoms with van der Waals surface area (Å²) in [6.45, 7) is 5.45. The van der Waals surface area contributed by atoms with Gasteiger partial charge in [-0.3, -0.25) is 4.79 Å². The van der Waals surface area contributed by atoms with Gasteiger partial charge in [0.2, 0.25) is 0 Å². The van der Waals surface area contributed by atoms with Crippen molar-refractivity contribution in [1.82, 2.24) is 0 Å². The van der Waals surface area contributed by atoms with Gasteiger partial charge in [0, 0.05) is 19.3 Å². The Kier molecular flexibility index (Phi) is 2.50. The summed E-state index contributed by atoms with van der Waals surface area (Å²) in [4.78, 5) is 11.5. The molecule has 3 heteroatoms. The number of hydrogen-bond acceptors (Lipinski definition) is 1. The molecule has 2 atom stereocenters. The number of rotatable bonds is 3. The van der Waals surface area contributed by atoms with Gasteiger partial charge in [-0.1, -0.05) is 13.8 Å². The van der Waals surface area contributed by atoms with E-state index in [1.807, 2.05) is 0 Å². The van der Waals surface area contributed by atoms with E-state index in [4.69, 9.17) is 5.73 Å². The molecule has 19 heavy (non-hydrogen) atoms. The van der Waals surface area contributed by atoms with Gasteiger partial charge >= 0.3 is 0 Å². The fraction of sp³-hybridized carbons (Fsp3) is 0.938. The molecule has 1 amide bonds. The van der Waals surface area contributed by atoms with Gasteiger partial charge in [0.15, 0.2) is 6.54 Å². The predicted octanol–water partition coefficient (Wildman–Crippen LogP) is 2.30. The van der Waals surface area contributed by atoms with Gasteiger partial charge in [-0.05, 0) is 36.0 Å². The van der Waals surface area contributed by atoms with Gasteiger partial charge in [0.1, 0.15) is 5.54 Å². The van der Waals surface area contributed by atoms with Gasteiger partial charge < -0.3 is 10.2 Å². The topological polar surface area (TPSA) is 43.1 Å². The SMILES string of the molecule is CC12CC3CC(C)(C1)CC([N+](C)(C)CC(N)=O)(C3)C2. The van der Waals surface area contributed by atoms with Gasteiger partial charge in [-0.2, -0.15) is 0 Å². The molecule has 0 radical (unpaired) electrons. The van der Waals surface area contributed by atoms with E-state index in [2.05, 4.69) is 27.9 Å². The first kappa shape index (κ1) is 13.4. The summed E-state index contributed by atoms with van der Waals surface area (Å²) in [6.07, 6.45) is 8.06. The van der Waals surface area contributed by atoms with Crippen molar-refractivity contribution in [3.05, 3.63) is 0 Å². The number of quaternary nitrogens is 1. The summed E-state index contributed by atoms with van der Waals surface area (Å²) in [5, 5.41) is 0. The number of carbonyl (C=O) groups excluding carboxylic acids is 1. The molecule has 108 valence electrons. The normalized spacial score (nSPS) is 48.5. The lowest BCUT2D eigenvalue weighted by Crippen LogP contribution is -2.71. The van der Waals surface area contributed by atoms with E-state index in [0.29, 0.717) is 17.4 Å². The van der Waals surface area contributed by atoms with Crippen molar-refractivity contribution in [1.29, 1.82) is 0 Å². The van der Waals surface area contributed by atoms with Crippen LogP contribution in [0.25, 0.3) is 0 Å². The molecular weight excluding hydrogens is 236 g/mol. The highest BCUT2D eigenvalue weighted by molar-refractivity contribution is 5.75. The lowest BCUT2D eigenvalue weighted by molar-refractivity contribution is -0.942. The Morgan fingerprint density at radius 1 is 1.11 bits per heavy atom. The molecule has 0 aromatic heterocycles. The van der Waals surface area contributed by atoms with E-state index in [9.17, 15) is 4.79 Å². The number of nitrogens with two attached hydrogens (primary N) is 1. The summed E-state index contributed by atoms with van der Waals surface area (Å²) in [6, 6.07) is 0. The van der Waals surface area contributed by atoms with Crippen molar-refractivity contribution in [2.75, 3.05) is 20.6 Å². The summed E-state index contributed by atoms with van der Waals surface area (Å²) < 4.78 is 0.796. The molecule has 0 aromatic rings. The number of likely N-dealkylation sites (N-methyl/N-ethyl adjacent to an activating group) is 1. The summed E-state index contributed by atoms with van der Waals surface area (Å²) in [7, 11) is 4.45. The maximum Gasteiger partial charge on any atom is 0.272 e. The third kappa shape index (κ3) is 1.93. The molecule has 0 heterocycles.